The van der Waals surface area contributed by atoms with Gasteiger partial charge in [-0.1, -0.05) is 0 Å². The van der Waals surface area contributed by atoms with Crippen molar-refractivity contribution in [3.63, 3.8) is 0 Å². The molecule has 0 aliphatic heterocycles. The molecule has 0 spiro atoms. The van der Waals surface area contributed by atoms with Crippen molar-refractivity contribution >= 4 is 11.9 Å². The molecular weight excluding hydrogens is 134 g/mol. The van der Waals surface area contributed by atoms with Crippen molar-refractivity contribution in [2.75, 3.05) is 0 Å². The van der Waals surface area contributed by atoms with Crippen molar-refractivity contribution in [1.29, 1.82) is 0 Å². The highest BCUT2D eigenvalue weighted by Gasteiger charge is 2.15. The molecule has 1 N–H and O–H groups in total. The maximum Gasteiger partial charge on any atom is 0.410 e. The summed E-state index contributed by atoms with van der Waals surface area (Å²) in [5, 5.41) is 15.4. The number of rotatable bonds is 1. The van der Waals surface area contributed by atoms with Gasteiger partial charge in [-0.15, -0.1) is 10.1 Å². The summed E-state index contributed by atoms with van der Waals surface area (Å²) in [6.45, 7) is 0. The predicted molar refractivity (Wildman–Crippen MR) is 20.7 cm³/mol. The van der Waals surface area contributed by atoms with Gasteiger partial charge >= 0.3 is 17.0 Å². The van der Waals surface area contributed by atoms with Crippen LogP contribution in [-0.2, 0) is 14.4 Å². The fourth-order valence-corrected chi connectivity index (χ4v) is 0.107. The van der Waals surface area contributed by atoms with E-state index in [1.54, 1.807) is 0 Å². The highest BCUT2D eigenvalue weighted by molar-refractivity contribution is 6.28. The van der Waals surface area contributed by atoms with E-state index in [1.807, 2.05) is 0 Å². The Balaban J connectivity index is 3.79. The fourth-order valence-electron chi connectivity index (χ4n) is 0.107. The van der Waals surface area contributed by atoms with Crippen LogP contribution in [0, 0.1) is 10.1 Å². The van der Waals surface area contributed by atoms with Gasteiger partial charge < -0.3 is 5.11 Å². The highest BCUT2D eigenvalue weighted by Crippen LogP contribution is 1.76. The Morgan fingerprint density at radius 1 is 1.56 bits per heavy atom. The standard InChI is InChI=1S/C2HNO6/c4-1(5)2(6)9-3(7)8/h(H,4,5). The van der Waals surface area contributed by atoms with E-state index in [9.17, 15) is 19.7 Å². The normalized spacial score (nSPS) is 8.00. The van der Waals surface area contributed by atoms with Crippen LogP contribution in [0.2, 0.25) is 0 Å². The lowest BCUT2D eigenvalue weighted by atomic mass is 10.7. The molecule has 0 amide bonds. The first-order valence-corrected chi connectivity index (χ1v) is 1.63. The van der Waals surface area contributed by atoms with Gasteiger partial charge in [0.2, 0.25) is 0 Å². The van der Waals surface area contributed by atoms with E-state index in [-0.39, 0.29) is 0 Å². The van der Waals surface area contributed by atoms with Crippen LogP contribution in [-0.4, -0.2) is 22.1 Å². The van der Waals surface area contributed by atoms with E-state index >= 15 is 0 Å². The van der Waals surface area contributed by atoms with Gasteiger partial charge in [-0.3, -0.25) is 4.79 Å². The van der Waals surface area contributed by atoms with Crippen LogP contribution in [0.4, 0.5) is 0 Å². The smallest absolute Gasteiger partial charge is 0.410 e. The maximum atomic E-state index is 9.69. The largest absolute Gasteiger partial charge is 0.474 e. The molecule has 0 saturated heterocycles. The third-order valence-electron chi connectivity index (χ3n) is 0.332. The zero-order valence-corrected chi connectivity index (χ0v) is 3.94. The highest BCUT2D eigenvalue weighted by atomic mass is 17.0. The first-order valence-electron chi connectivity index (χ1n) is 1.63. The summed E-state index contributed by atoms with van der Waals surface area (Å²) in [6.07, 6.45) is 0. The Bertz CT molecular complexity index is 160. The van der Waals surface area contributed by atoms with Gasteiger partial charge in [0.25, 0.3) is 0 Å². The molecule has 0 aromatic heterocycles. The SMILES string of the molecule is O=C(O)C(=O)O[N+](=O)[O-]. The molecule has 0 aromatic carbocycles. The van der Waals surface area contributed by atoms with Gasteiger partial charge in [-0.05, 0) is 0 Å². The zero-order chi connectivity index (χ0) is 7.44. The number of carboxylic acids is 1. The molecule has 0 saturated carbocycles. The van der Waals surface area contributed by atoms with Crippen LogP contribution >= 0.6 is 0 Å². The molecule has 7 heteroatoms. The molecule has 0 aliphatic rings. The van der Waals surface area contributed by atoms with Crippen molar-refractivity contribution < 1.29 is 24.6 Å². The van der Waals surface area contributed by atoms with Gasteiger partial charge in [0.1, 0.15) is 0 Å². The Kier molecular flexibility index (Phi) is 2.12. The number of carbonyl (C=O) groups excluding carboxylic acids is 1. The number of carbonyl (C=O) groups is 2. The summed E-state index contributed by atoms with van der Waals surface area (Å²) in [5.74, 6) is -3.90. The molecule has 0 fully saturated rings. The van der Waals surface area contributed by atoms with Gasteiger partial charge in [0.15, 0.2) is 0 Å². The summed E-state index contributed by atoms with van der Waals surface area (Å²) in [4.78, 5) is 31.4. The topological polar surface area (TPSA) is 107 Å². The summed E-state index contributed by atoms with van der Waals surface area (Å²) in [6, 6.07) is 0. The second-order valence-electron chi connectivity index (χ2n) is 0.908. The molecule has 50 valence electrons. The van der Waals surface area contributed by atoms with Crippen LogP contribution < -0.4 is 0 Å². The Morgan fingerprint density at radius 3 is 2.11 bits per heavy atom. The maximum absolute atomic E-state index is 9.69. The van der Waals surface area contributed by atoms with Crippen molar-refractivity contribution in [3.05, 3.63) is 10.1 Å². The van der Waals surface area contributed by atoms with Crippen LogP contribution in [0.1, 0.15) is 0 Å². The first-order chi connectivity index (χ1) is 4.04. The zero-order valence-electron chi connectivity index (χ0n) is 3.94. The second kappa shape index (κ2) is 2.60. The number of hydrogen-bond donors (Lipinski definition) is 1. The fraction of sp³-hybridized carbons (Fsp3) is 0. The van der Waals surface area contributed by atoms with Crippen molar-refractivity contribution in [1.82, 2.24) is 0 Å². The summed E-state index contributed by atoms with van der Waals surface area (Å²) < 4.78 is 0. The molecular formula is C2HNO6. The minimum atomic E-state index is -1.99. The van der Waals surface area contributed by atoms with Crippen molar-refractivity contribution in [2.45, 2.75) is 0 Å². The van der Waals surface area contributed by atoms with Crippen LogP contribution in [0.25, 0.3) is 0 Å². The molecule has 0 radical (unpaired) electrons. The average molecular weight is 135 g/mol. The van der Waals surface area contributed by atoms with Gasteiger partial charge in [-0.2, -0.15) is 0 Å². The summed E-state index contributed by atoms with van der Waals surface area (Å²) >= 11 is 0. The first kappa shape index (κ1) is 7.34. The van der Waals surface area contributed by atoms with E-state index in [0.29, 0.717) is 0 Å². The lowest BCUT2D eigenvalue weighted by Gasteiger charge is -1.86. The third kappa shape index (κ3) is 2.97. The molecule has 0 aliphatic carbocycles. The van der Waals surface area contributed by atoms with Crippen molar-refractivity contribution in [3.8, 4) is 0 Å². The molecule has 0 atom stereocenters. The molecule has 0 unspecified atom stereocenters. The number of aliphatic carboxylic acids is 1. The molecule has 0 rings (SSSR count). The quantitative estimate of drug-likeness (QED) is 0.275. The Morgan fingerprint density at radius 2 is 2.00 bits per heavy atom. The number of nitrogens with zero attached hydrogens (tertiary/aromatic N) is 1. The lowest BCUT2D eigenvalue weighted by molar-refractivity contribution is -0.728. The van der Waals surface area contributed by atoms with Gasteiger partial charge in [0, 0.05) is 0 Å². The molecule has 7 nitrogen and oxygen atoms in total. The van der Waals surface area contributed by atoms with E-state index in [1.165, 1.54) is 0 Å². The van der Waals surface area contributed by atoms with Crippen LogP contribution in [0.5, 0.6) is 0 Å². The average Bonchev–Trinajstić information content (AvgIpc) is 1.63. The summed E-state index contributed by atoms with van der Waals surface area (Å²) in [7, 11) is 0. The van der Waals surface area contributed by atoms with Gasteiger partial charge in [0.05, 0.1) is 0 Å². The number of hydrogen-bond acceptors (Lipinski definition) is 5. The van der Waals surface area contributed by atoms with Gasteiger partial charge in [-0.25, -0.2) is 9.63 Å². The Hall–Kier alpha value is -1.66. The van der Waals surface area contributed by atoms with Crippen LogP contribution in [0.3, 0.4) is 0 Å². The van der Waals surface area contributed by atoms with E-state index in [2.05, 4.69) is 4.84 Å². The lowest BCUT2D eigenvalue weighted by Crippen LogP contribution is -2.19. The molecule has 0 bridgehead atoms. The monoisotopic (exact) mass is 135 g/mol. The third-order valence-corrected chi connectivity index (χ3v) is 0.332. The number of carboxylic acid groups (broad SMARTS) is 1. The minimum absolute atomic E-state index is 1.49. The predicted octanol–water partition coefficient (Wildman–Crippen LogP) is -1.19. The van der Waals surface area contributed by atoms with Crippen molar-refractivity contribution in [2.24, 2.45) is 0 Å². The Labute approximate surface area is 47.9 Å². The van der Waals surface area contributed by atoms with E-state index < -0.39 is 17.0 Å². The summed E-state index contributed by atoms with van der Waals surface area (Å²) in [5.41, 5.74) is 0. The minimum Gasteiger partial charge on any atom is -0.474 e. The molecule has 9 heavy (non-hydrogen) atoms. The van der Waals surface area contributed by atoms with Crippen LogP contribution in [0.15, 0.2) is 0 Å². The molecule has 0 aromatic rings. The second-order valence-corrected chi connectivity index (χ2v) is 0.908. The van der Waals surface area contributed by atoms with E-state index in [4.69, 9.17) is 5.11 Å². The molecule has 0 heterocycles. The van der Waals surface area contributed by atoms with E-state index in [0.717, 1.165) is 0 Å².